The summed E-state index contributed by atoms with van der Waals surface area (Å²) in [7, 11) is 0. The molecule has 9 heteroatoms. The summed E-state index contributed by atoms with van der Waals surface area (Å²) in [5.74, 6) is 0. The van der Waals surface area contributed by atoms with E-state index in [2.05, 4.69) is 2.93 Å². The molecule has 0 aromatic heterocycles. The van der Waals surface area contributed by atoms with E-state index in [9.17, 15) is 12.4 Å². The van der Waals surface area contributed by atoms with Crippen molar-refractivity contribution in [2.24, 2.45) is 0 Å². The first-order valence-corrected chi connectivity index (χ1v) is 10.4. The second-order valence-corrected chi connectivity index (χ2v) is 11.5. The van der Waals surface area contributed by atoms with Crippen molar-refractivity contribution in [2.75, 3.05) is 0 Å². The van der Waals surface area contributed by atoms with Gasteiger partial charge in [0.1, 0.15) is 0 Å². The van der Waals surface area contributed by atoms with Gasteiger partial charge in [-0.3, -0.25) is 0 Å². The van der Waals surface area contributed by atoms with Crippen molar-refractivity contribution in [3.05, 3.63) is 0 Å². The van der Waals surface area contributed by atoms with Crippen molar-refractivity contribution in [1.82, 2.24) is 0 Å². The van der Waals surface area contributed by atoms with Crippen LogP contribution in [0.3, 0.4) is 0 Å². The molecule has 0 spiro atoms. The zero-order chi connectivity index (χ0) is 7.33. The van der Waals surface area contributed by atoms with E-state index in [1.807, 2.05) is 0 Å². The first kappa shape index (κ1) is 10.6. The third kappa shape index (κ3) is 5.99. The molecule has 0 aromatic carbocycles. The molecule has 0 bridgehead atoms. The fraction of sp³-hybridized carbons (Fsp3) is 0. The third-order valence-corrected chi connectivity index (χ3v) is 12.6. The molecule has 0 fully saturated rings. The van der Waals surface area contributed by atoms with Crippen LogP contribution in [-0.2, 0) is 32.1 Å². The Labute approximate surface area is 78.3 Å². The van der Waals surface area contributed by atoms with Crippen LogP contribution in [0.2, 0.25) is 0 Å². The Morgan fingerprint density at radius 2 is 1.33 bits per heavy atom. The van der Waals surface area contributed by atoms with Crippen LogP contribution in [0.25, 0.3) is 0 Å². The molecule has 6 nitrogen and oxygen atoms in total. The van der Waals surface area contributed by atoms with E-state index in [0.29, 0.717) is 0 Å². The molecule has 0 amide bonds. The van der Waals surface area contributed by atoms with Gasteiger partial charge in [0, 0.05) is 0 Å². The minimum absolute atomic E-state index is 2.55. The van der Waals surface area contributed by atoms with Gasteiger partial charge in [0.15, 0.2) is 0 Å². The van der Waals surface area contributed by atoms with Crippen LogP contribution >= 0.6 is 0 Å². The molecule has 0 heterocycles. The maximum atomic E-state index is 10.2. The molecular formula is Bi2MoO6. The predicted molar refractivity (Wildman–Crippen MR) is 16.4 cm³/mol. The van der Waals surface area contributed by atoms with Crippen molar-refractivity contribution < 1.29 is 32.1 Å². The molecule has 0 atom stereocenters. The fourth-order valence-corrected chi connectivity index (χ4v) is 10.1. The van der Waals surface area contributed by atoms with Crippen LogP contribution in [0.5, 0.6) is 0 Å². The molecule has 52 valence electrons. The molecule has 0 rings (SSSR count). The summed E-state index contributed by atoms with van der Waals surface area (Å²) in [6, 6.07) is 0. The molecule has 0 saturated heterocycles. The van der Waals surface area contributed by atoms with E-state index in [0.717, 1.165) is 0 Å². The Hall–Kier alpha value is 1.57. The summed E-state index contributed by atoms with van der Waals surface area (Å²) in [4.78, 5) is 0. The van der Waals surface area contributed by atoms with E-state index < -0.39 is 64.1 Å². The van der Waals surface area contributed by atoms with Gasteiger partial charge in [0.25, 0.3) is 0 Å². The van der Waals surface area contributed by atoms with Crippen molar-refractivity contribution in [3.63, 3.8) is 0 Å². The summed E-state index contributed by atoms with van der Waals surface area (Å²) in [6.07, 6.45) is 0. The number of hydrogen-bond donors (Lipinski definition) is 0. The Morgan fingerprint density at radius 1 is 1.00 bits per heavy atom. The van der Waals surface area contributed by atoms with Gasteiger partial charge in [-0.2, -0.15) is 0 Å². The molecule has 0 aliphatic carbocycles. The topological polar surface area (TPSA) is 86.7 Å². The van der Waals surface area contributed by atoms with Crippen molar-refractivity contribution in [3.8, 4) is 0 Å². The van der Waals surface area contributed by atoms with Crippen LogP contribution in [0, 0.1) is 0 Å². The predicted octanol–water partition coefficient (Wildman–Crippen LogP) is -1.38. The van der Waals surface area contributed by atoms with Crippen molar-refractivity contribution in [1.29, 1.82) is 0 Å². The van der Waals surface area contributed by atoms with Crippen LogP contribution in [0.15, 0.2) is 0 Å². The molecule has 0 radical (unpaired) electrons. The Bertz CT molecular complexity index is 173. The van der Waals surface area contributed by atoms with Crippen LogP contribution in [0.1, 0.15) is 0 Å². The molecule has 9 heavy (non-hydrogen) atoms. The summed E-state index contributed by atoms with van der Waals surface area (Å²) in [6.45, 7) is 0. The average molecular weight is 610 g/mol. The van der Waals surface area contributed by atoms with E-state index in [1.165, 1.54) is 0 Å². The maximum absolute atomic E-state index is 10.2. The van der Waals surface area contributed by atoms with Gasteiger partial charge in [0.05, 0.1) is 0 Å². The summed E-state index contributed by atoms with van der Waals surface area (Å²) in [5, 5.41) is 0. The van der Waals surface area contributed by atoms with E-state index >= 15 is 0 Å². The Morgan fingerprint density at radius 3 is 1.56 bits per heavy atom. The molecule has 0 N–H and O–H groups in total. The molecular weight excluding hydrogens is 610 g/mol. The molecule has 0 saturated carbocycles. The summed E-state index contributed by atoms with van der Waals surface area (Å²) in [5.41, 5.74) is 0. The minimum atomic E-state index is -5.15. The van der Waals surface area contributed by atoms with Gasteiger partial charge in [-0.1, -0.05) is 0 Å². The van der Waals surface area contributed by atoms with Crippen LogP contribution in [-0.4, -0.2) is 47.4 Å². The second-order valence-electron chi connectivity index (χ2n) is 0.706. The first-order chi connectivity index (χ1) is 4.12. The van der Waals surface area contributed by atoms with Crippen LogP contribution < -0.4 is 0 Å². The van der Waals surface area contributed by atoms with Crippen molar-refractivity contribution in [2.45, 2.75) is 0 Å². The number of hydrogen-bond acceptors (Lipinski definition) is 6. The molecule has 0 aliphatic rings. The summed E-state index contributed by atoms with van der Waals surface area (Å²) >= 11 is -10.2. The standard InChI is InChI=1S/2Bi.Mo.6O. The zero-order valence-electron chi connectivity index (χ0n) is 3.75. The van der Waals surface area contributed by atoms with Gasteiger partial charge < -0.3 is 0 Å². The molecule has 0 aliphatic heterocycles. The number of rotatable bonds is 4. The quantitative estimate of drug-likeness (QED) is 0.366. The normalized spacial score (nSPS) is 10.7. The third-order valence-electron chi connectivity index (χ3n) is 0.243. The fourth-order valence-electron chi connectivity index (χ4n) is 0.0881. The first-order valence-electron chi connectivity index (χ1n) is 1.40. The van der Waals surface area contributed by atoms with E-state index in [1.54, 1.807) is 0 Å². The second kappa shape index (κ2) is 5.25. The van der Waals surface area contributed by atoms with Gasteiger partial charge in [-0.15, -0.1) is 0 Å². The monoisotopic (exact) mass is 612 g/mol. The van der Waals surface area contributed by atoms with Gasteiger partial charge in [0.2, 0.25) is 0 Å². The van der Waals surface area contributed by atoms with Crippen LogP contribution in [0.4, 0.5) is 0 Å². The van der Waals surface area contributed by atoms with E-state index in [4.69, 9.17) is 0 Å². The average Bonchev–Trinajstić information content (AvgIpc) is 1.64. The zero-order valence-corrected chi connectivity index (χ0v) is 12.7. The Balaban J connectivity index is 4.03. The van der Waals surface area contributed by atoms with Gasteiger partial charge in [-0.05, 0) is 0 Å². The summed E-state index contributed by atoms with van der Waals surface area (Å²) < 4.78 is 47.3. The van der Waals surface area contributed by atoms with Crippen molar-refractivity contribution >= 4 is 47.4 Å². The van der Waals surface area contributed by atoms with E-state index in [-0.39, 0.29) is 0 Å². The SMILES string of the molecule is [O]=[Bi][O][Mo](=[O])(=[O])[O][Bi]=[O]. The Kier molecular flexibility index (Phi) is 6.17. The van der Waals surface area contributed by atoms with Gasteiger partial charge >= 0.3 is 79.5 Å². The molecule has 0 aromatic rings. The van der Waals surface area contributed by atoms with Gasteiger partial charge in [-0.25, -0.2) is 0 Å². The molecule has 0 unspecified atom stereocenters.